The first-order chi connectivity index (χ1) is 7.43. The zero-order valence-corrected chi connectivity index (χ0v) is 12.2. The molecule has 0 saturated heterocycles. The molecule has 0 heterocycles. The van der Waals surface area contributed by atoms with Gasteiger partial charge >= 0.3 is 0 Å². The number of hydrogen-bond donors (Lipinski definition) is 2. The van der Waals surface area contributed by atoms with Gasteiger partial charge in [-0.05, 0) is 66.3 Å². The van der Waals surface area contributed by atoms with E-state index in [1.807, 2.05) is 0 Å². The minimum Gasteiger partial charge on any atom is -0.363 e. The van der Waals surface area contributed by atoms with Crippen molar-refractivity contribution in [3.8, 4) is 0 Å². The van der Waals surface area contributed by atoms with Crippen molar-refractivity contribution in [1.82, 2.24) is 15.5 Å². The second kappa shape index (κ2) is 8.76. The van der Waals surface area contributed by atoms with E-state index in [4.69, 9.17) is 12.2 Å². The molecule has 0 atom stereocenters. The molecule has 0 spiro atoms. The van der Waals surface area contributed by atoms with E-state index in [0.717, 1.165) is 24.6 Å². The third-order valence-corrected chi connectivity index (χ3v) is 2.79. The third kappa shape index (κ3) is 8.92. The molecule has 0 aromatic rings. The lowest BCUT2D eigenvalue weighted by Gasteiger charge is -2.20. The lowest BCUT2D eigenvalue weighted by atomic mass is 10.2. The highest BCUT2D eigenvalue weighted by atomic mass is 32.1. The van der Waals surface area contributed by atoms with Gasteiger partial charge in [0.2, 0.25) is 0 Å². The van der Waals surface area contributed by atoms with Crippen molar-refractivity contribution in [2.45, 2.75) is 52.6 Å². The van der Waals surface area contributed by atoms with Gasteiger partial charge in [0, 0.05) is 18.6 Å². The highest BCUT2D eigenvalue weighted by molar-refractivity contribution is 7.80. The Labute approximate surface area is 106 Å². The van der Waals surface area contributed by atoms with Gasteiger partial charge in [0.1, 0.15) is 0 Å². The molecule has 2 N–H and O–H groups in total. The summed E-state index contributed by atoms with van der Waals surface area (Å²) in [5.41, 5.74) is 0. The molecular formula is C12H27N3S. The smallest absolute Gasteiger partial charge is 0.166 e. The number of nitrogens with one attached hydrogen (secondary N) is 2. The van der Waals surface area contributed by atoms with Crippen LogP contribution in [0.15, 0.2) is 0 Å². The summed E-state index contributed by atoms with van der Waals surface area (Å²) in [6.07, 6.45) is 2.38. The molecule has 0 aliphatic carbocycles. The van der Waals surface area contributed by atoms with Gasteiger partial charge in [0.15, 0.2) is 5.11 Å². The fraction of sp³-hybridized carbons (Fsp3) is 0.917. The predicted molar refractivity (Wildman–Crippen MR) is 75.9 cm³/mol. The standard InChI is InChI=1S/C12H27N3S/c1-10(2)14-12(16)13-8-6-7-9-15(5)11(3)4/h10-11H,6-9H2,1-5H3,(H2,13,14,16). The van der Waals surface area contributed by atoms with Crippen LogP contribution in [-0.2, 0) is 0 Å². The van der Waals surface area contributed by atoms with Gasteiger partial charge in [-0.3, -0.25) is 0 Å². The fourth-order valence-corrected chi connectivity index (χ4v) is 1.60. The van der Waals surface area contributed by atoms with E-state index in [1.54, 1.807) is 0 Å². The predicted octanol–water partition coefficient (Wildman–Crippen LogP) is 1.98. The fourth-order valence-electron chi connectivity index (χ4n) is 1.26. The van der Waals surface area contributed by atoms with Crippen molar-refractivity contribution in [1.29, 1.82) is 0 Å². The van der Waals surface area contributed by atoms with Crippen molar-refractivity contribution in [2.24, 2.45) is 0 Å². The molecule has 0 aliphatic heterocycles. The van der Waals surface area contributed by atoms with Gasteiger partial charge in [-0.25, -0.2) is 0 Å². The van der Waals surface area contributed by atoms with Crippen molar-refractivity contribution in [3.63, 3.8) is 0 Å². The van der Waals surface area contributed by atoms with Crippen LogP contribution in [0.2, 0.25) is 0 Å². The number of nitrogens with zero attached hydrogens (tertiary/aromatic N) is 1. The largest absolute Gasteiger partial charge is 0.363 e. The number of unbranched alkanes of at least 4 members (excludes halogenated alkanes) is 1. The van der Waals surface area contributed by atoms with E-state index in [2.05, 4.69) is 50.3 Å². The maximum Gasteiger partial charge on any atom is 0.166 e. The average Bonchev–Trinajstić information content (AvgIpc) is 2.15. The molecule has 0 amide bonds. The van der Waals surface area contributed by atoms with Gasteiger partial charge in [0.05, 0.1) is 0 Å². The zero-order chi connectivity index (χ0) is 12.6. The highest BCUT2D eigenvalue weighted by Gasteiger charge is 2.02. The molecule has 96 valence electrons. The van der Waals surface area contributed by atoms with E-state index < -0.39 is 0 Å². The normalized spacial score (nSPS) is 11.2. The van der Waals surface area contributed by atoms with Crippen LogP contribution in [0.4, 0.5) is 0 Å². The summed E-state index contributed by atoms with van der Waals surface area (Å²) in [5.74, 6) is 0. The molecule has 0 bridgehead atoms. The SMILES string of the molecule is CC(C)NC(=S)NCCCCN(C)C(C)C. The van der Waals surface area contributed by atoms with Crippen LogP contribution < -0.4 is 10.6 Å². The molecule has 0 aliphatic rings. The van der Waals surface area contributed by atoms with Crippen LogP contribution in [0.3, 0.4) is 0 Å². The van der Waals surface area contributed by atoms with E-state index in [9.17, 15) is 0 Å². The van der Waals surface area contributed by atoms with Gasteiger partial charge in [0.25, 0.3) is 0 Å². The van der Waals surface area contributed by atoms with Crippen LogP contribution in [-0.4, -0.2) is 42.2 Å². The first-order valence-corrected chi connectivity index (χ1v) is 6.59. The van der Waals surface area contributed by atoms with Crippen LogP contribution in [0, 0.1) is 0 Å². The first-order valence-electron chi connectivity index (χ1n) is 6.18. The number of thiocarbonyl (C=S) groups is 1. The Morgan fingerprint density at radius 1 is 1.19 bits per heavy atom. The summed E-state index contributed by atoms with van der Waals surface area (Å²) in [4.78, 5) is 2.37. The molecule has 0 fully saturated rings. The summed E-state index contributed by atoms with van der Waals surface area (Å²) in [5, 5.41) is 7.16. The Kier molecular flexibility index (Phi) is 8.57. The number of rotatable bonds is 7. The Hall–Kier alpha value is -0.350. The minimum atomic E-state index is 0.409. The van der Waals surface area contributed by atoms with Crippen molar-refractivity contribution in [2.75, 3.05) is 20.1 Å². The summed E-state index contributed by atoms with van der Waals surface area (Å²) >= 11 is 5.14. The lowest BCUT2D eigenvalue weighted by molar-refractivity contribution is 0.268. The topological polar surface area (TPSA) is 27.3 Å². The summed E-state index contributed by atoms with van der Waals surface area (Å²) in [7, 11) is 2.17. The van der Waals surface area contributed by atoms with Crippen LogP contribution in [0.5, 0.6) is 0 Å². The molecule has 0 aromatic carbocycles. The average molecular weight is 245 g/mol. The Bertz CT molecular complexity index is 193. The van der Waals surface area contributed by atoms with Gasteiger partial charge < -0.3 is 15.5 Å². The van der Waals surface area contributed by atoms with Gasteiger partial charge in [-0.1, -0.05) is 0 Å². The van der Waals surface area contributed by atoms with Crippen molar-refractivity contribution >= 4 is 17.3 Å². The Balaban J connectivity index is 3.37. The molecule has 0 saturated carbocycles. The molecule has 3 nitrogen and oxygen atoms in total. The number of hydrogen-bond acceptors (Lipinski definition) is 2. The molecule has 0 rings (SSSR count). The maximum atomic E-state index is 5.14. The van der Waals surface area contributed by atoms with Crippen LogP contribution >= 0.6 is 12.2 Å². The van der Waals surface area contributed by atoms with E-state index in [0.29, 0.717) is 12.1 Å². The highest BCUT2D eigenvalue weighted by Crippen LogP contribution is 1.97. The monoisotopic (exact) mass is 245 g/mol. The molecule has 0 aromatic heterocycles. The second-order valence-corrected chi connectivity index (χ2v) is 5.24. The first kappa shape index (κ1) is 15.7. The summed E-state index contributed by atoms with van der Waals surface area (Å²) in [6, 6.07) is 1.05. The quantitative estimate of drug-likeness (QED) is 0.530. The molecular weight excluding hydrogens is 218 g/mol. The van der Waals surface area contributed by atoms with Crippen LogP contribution in [0.25, 0.3) is 0 Å². The third-order valence-electron chi connectivity index (χ3n) is 2.52. The van der Waals surface area contributed by atoms with Gasteiger partial charge in [-0.15, -0.1) is 0 Å². The Morgan fingerprint density at radius 2 is 1.81 bits per heavy atom. The molecule has 4 heteroatoms. The van der Waals surface area contributed by atoms with E-state index in [-0.39, 0.29) is 0 Å². The minimum absolute atomic E-state index is 0.409. The molecule has 0 radical (unpaired) electrons. The zero-order valence-electron chi connectivity index (χ0n) is 11.3. The molecule has 0 unspecified atom stereocenters. The Morgan fingerprint density at radius 3 is 2.31 bits per heavy atom. The van der Waals surface area contributed by atoms with E-state index >= 15 is 0 Å². The maximum absolute atomic E-state index is 5.14. The molecule has 16 heavy (non-hydrogen) atoms. The van der Waals surface area contributed by atoms with E-state index in [1.165, 1.54) is 6.42 Å². The second-order valence-electron chi connectivity index (χ2n) is 4.84. The summed E-state index contributed by atoms with van der Waals surface area (Å²) in [6.45, 7) is 10.7. The van der Waals surface area contributed by atoms with Crippen LogP contribution in [0.1, 0.15) is 40.5 Å². The summed E-state index contributed by atoms with van der Waals surface area (Å²) < 4.78 is 0. The lowest BCUT2D eigenvalue weighted by Crippen LogP contribution is -2.39. The van der Waals surface area contributed by atoms with Crippen molar-refractivity contribution in [3.05, 3.63) is 0 Å². The van der Waals surface area contributed by atoms with Gasteiger partial charge in [-0.2, -0.15) is 0 Å². The van der Waals surface area contributed by atoms with Crippen molar-refractivity contribution < 1.29 is 0 Å².